The molecule has 0 aromatic heterocycles. The third kappa shape index (κ3) is 5.28. The van der Waals surface area contributed by atoms with E-state index in [0.29, 0.717) is 30.5 Å². The van der Waals surface area contributed by atoms with Crippen molar-refractivity contribution in [3.05, 3.63) is 82.6 Å². The van der Waals surface area contributed by atoms with E-state index in [0.717, 1.165) is 24.3 Å². The molecule has 1 aliphatic heterocycles. The van der Waals surface area contributed by atoms with Crippen molar-refractivity contribution in [1.82, 2.24) is 4.90 Å². The minimum Gasteiger partial charge on any atom is -0.504 e. The molecule has 168 valence electrons. The van der Waals surface area contributed by atoms with Crippen LogP contribution in [0.25, 0.3) is 0 Å². The number of carbonyl (C=O) groups excluding carboxylic acids is 2. The predicted molar refractivity (Wildman–Crippen MR) is 119 cm³/mol. The van der Waals surface area contributed by atoms with Crippen LogP contribution in [0.5, 0.6) is 0 Å². The zero-order chi connectivity index (χ0) is 23.3. The van der Waals surface area contributed by atoms with Crippen molar-refractivity contribution in [2.75, 3.05) is 13.6 Å². The molecule has 0 aliphatic carbocycles. The van der Waals surface area contributed by atoms with Gasteiger partial charge in [0.1, 0.15) is 11.6 Å². The largest absolute Gasteiger partial charge is 0.504 e. The van der Waals surface area contributed by atoms with Crippen LogP contribution in [0, 0.1) is 18.6 Å². The van der Waals surface area contributed by atoms with Gasteiger partial charge in [0, 0.05) is 31.6 Å². The summed E-state index contributed by atoms with van der Waals surface area (Å²) in [7, 11) is 1.39. The quantitative estimate of drug-likeness (QED) is 0.392. The fraction of sp³-hybridized carbons (Fsp3) is 0.320. The van der Waals surface area contributed by atoms with E-state index in [1.54, 1.807) is 36.1 Å². The Hall–Kier alpha value is -3.35. The van der Waals surface area contributed by atoms with E-state index in [4.69, 9.17) is 0 Å². The molecule has 1 N–H and O–H groups in total. The number of benzene rings is 2. The maximum Gasteiger partial charge on any atom is 0.250 e. The number of hydrogen-bond donors (Lipinski definition) is 1. The number of allylic oxidation sites excluding steroid dienone is 1. The van der Waals surface area contributed by atoms with Crippen LogP contribution in [0.3, 0.4) is 0 Å². The smallest absolute Gasteiger partial charge is 0.250 e. The first-order chi connectivity index (χ1) is 15.3. The minimum absolute atomic E-state index is 0.226. The lowest BCUT2D eigenvalue weighted by atomic mass is 9.83. The lowest BCUT2D eigenvalue weighted by Crippen LogP contribution is -2.36. The van der Waals surface area contributed by atoms with Gasteiger partial charge < -0.3 is 10.0 Å². The van der Waals surface area contributed by atoms with Crippen molar-refractivity contribution >= 4 is 17.9 Å². The minimum atomic E-state index is -0.747. The molecule has 1 amide bonds. The van der Waals surface area contributed by atoms with Crippen molar-refractivity contribution in [1.29, 1.82) is 0 Å². The number of hydrogen-bond acceptors (Lipinski definition) is 4. The van der Waals surface area contributed by atoms with E-state index in [1.807, 2.05) is 0 Å². The number of aliphatic hydroxyl groups is 1. The molecule has 1 heterocycles. The van der Waals surface area contributed by atoms with Crippen LogP contribution in [-0.4, -0.2) is 47.5 Å². The number of likely N-dealkylation sites (tertiary alicyclic amines) is 1. The lowest BCUT2D eigenvalue weighted by molar-refractivity contribution is -0.127. The van der Waals surface area contributed by atoms with Gasteiger partial charge in [-0.2, -0.15) is 0 Å². The monoisotopic (exact) mass is 440 g/mol. The molecule has 7 heteroatoms. The van der Waals surface area contributed by atoms with Gasteiger partial charge in [-0.25, -0.2) is 8.78 Å². The SMILES string of the molecule is C/N=C\C(=O)/C(O)=C/C(=O)N1CCC[C@@H]1C[C@@H](c1ccc(F)cc1C)c1ccccc1F. The van der Waals surface area contributed by atoms with Gasteiger partial charge in [-0.1, -0.05) is 24.3 Å². The molecule has 0 bridgehead atoms. The number of aryl methyl sites for hydroxylation is 1. The number of aliphatic imine (C=N–C) groups is 1. The molecular weight excluding hydrogens is 414 g/mol. The van der Waals surface area contributed by atoms with Gasteiger partial charge in [0.2, 0.25) is 5.78 Å². The molecule has 0 spiro atoms. The number of nitrogens with zero attached hydrogens (tertiary/aromatic N) is 2. The standard InChI is InChI=1S/C25H26F2N2O3/c1-16-12-17(26)9-10-19(16)21(20-7-3-4-8-22(20)27)13-18-6-5-11-29(18)25(32)14-23(30)24(31)15-28-2/h3-4,7-10,12,14-15,18,21,30H,5-6,11,13H2,1-2H3/b23-14-,28-15-/t18-,21+/m1/s1. The van der Waals surface area contributed by atoms with Crippen LogP contribution in [0.15, 0.2) is 59.3 Å². The molecule has 32 heavy (non-hydrogen) atoms. The molecule has 0 unspecified atom stereocenters. The van der Waals surface area contributed by atoms with Gasteiger partial charge in [-0.3, -0.25) is 14.6 Å². The maximum atomic E-state index is 14.8. The van der Waals surface area contributed by atoms with Crippen LogP contribution in [0.2, 0.25) is 0 Å². The molecule has 2 aromatic carbocycles. The van der Waals surface area contributed by atoms with Gasteiger partial charge in [0.05, 0.1) is 6.21 Å². The van der Waals surface area contributed by atoms with Crippen LogP contribution in [-0.2, 0) is 9.59 Å². The molecular formula is C25H26F2N2O3. The summed E-state index contributed by atoms with van der Waals surface area (Å²) in [6.07, 6.45) is 3.73. The topological polar surface area (TPSA) is 70.0 Å². The first kappa shape index (κ1) is 23.3. The Morgan fingerprint density at radius 1 is 1.22 bits per heavy atom. The summed E-state index contributed by atoms with van der Waals surface area (Å²) >= 11 is 0. The number of halogens is 2. The van der Waals surface area contributed by atoms with Crippen molar-refractivity contribution in [3.8, 4) is 0 Å². The molecule has 0 saturated carbocycles. The fourth-order valence-electron chi connectivity index (χ4n) is 4.31. The molecule has 1 fully saturated rings. The Bertz CT molecular complexity index is 1060. The highest BCUT2D eigenvalue weighted by Gasteiger charge is 2.32. The average molecular weight is 440 g/mol. The van der Waals surface area contributed by atoms with Crippen LogP contribution < -0.4 is 0 Å². The van der Waals surface area contributed by atoms with Crippen molar-refractivity contribution in [2.45, 2.75) is 38.1 Å². The third-order valence-electron chi connectivity index (χ3n) is 5.81. The second kappa shape index (κ2) is 10.3. The van der Waals surface area contributed by atoms with Crippen LogP contribution in [0.4, 0.5) is 8.78 Å². The number of carbonyl (C=O) groups is 2. The molecule has 2 atom stereocenters. The molecule has 0 radical (unpaired) electrons. The van der Waals surface area contributed by atoms with Crippen LogP contribution in [0.1, 0.15) is 41.9 Å². The van der Waals surface area contributed by atoms with E-state index >= 15 is 0 Å². The van der Waals surface area contributed by atoms with Crippen molar-refractivity contribution in [2.24, 2.45) is 4.99 Å². The summed E-state index contributed by atoms with van der Waals surface area (Å²) in [5.74, 6) is -3.02. The van der Waals surface area contributed by atoms with Gasteiger partial charge in [-0.15, -0.1) is 0 Å². The fourth-order valence-corrected chi connectivity index (χ4v) is 4.31. The second-order valence-electron chi connectivity index (χ2n) is 7.92. The Morgan fingerprint density at radius 3 is 2.66 bits per heavy atom. The van der Waals surface area contributed by atoms with Gasteiger partial charge in [-0.05, 0) is 61.1 Å². The molecule has 3 rings (SSSR count). The summed E-state index contributed by atoms with van der Waals surface area (Å²) in [6, 6.07) is 10.7. The van der Waals surface area contributed by atoms with E-state index in [9.17, 15) is 23.5 Å². The number of rotatable bonds is 7. The molecule has 5 nitrogen and oxygen atoms in total. The van der Waals surface area contributed by atoms with Gasteiger partial charge >= 0.3 is 0 Å². The van der Waals surface area contributed by atoms with E-state index in [1.165, 1.54) is 25.2 Å². The van der Waals surface area contributed by atoms with E-state index in [2.05, 4.69) is 4.99 Å². The Labute approximate surface area is 186 Å². The summed E-state index contributed by atoms with van der Waals surface area (Å²) < 4.78 is 28.5. The number of amides is 1. The average Bonchev–Trinajstić information content (AvgIpc) is 3.21. The van der Waals surface area contributed by atoms with E-state index < -0.39 is 17.4 Å². The Morgan fingerprint density at radius 2 is 1.97 bits per heavy atom. The molecule has 1 aliphatic rings. The Balaban J connectivity index is 1.92. The highest BCUT2D eigenvalue weighted by Crippen LogP contribution is 2.36. The number of aliphatic hydroxyl groups excluding tert-OH is 1. The summed E-state index contributed by atoms with van der Waals surface area (Å²) in [4.78, 5) is 29.6. The second-order valence-corrected chi connectivity index (χ2v) is 7.92. The summed E-state index contributed by atoms with van der Waals surface area (Å²) in [6.45, 7) is 2.25. The summed E-state index contributed by atoms with van der Waals surface area (Å²) in [5.41, 5.74) is 1.98. The van der Waals surface area contributed by atoms with Gasteiger partial charge in [0.15, 0.2) is 5.76 Å². The first-order valence-electron chi connectivity index (χ1n) is 10.5. The third-order valence-corrected chi connectivity index (χ3v) is 5.81. The highest BCUT2D eigenvalue weighted by atomic mass is 19.1. The Kier molecular flexibility index (Phi) is 7.51. The van der Waals surface area contributed by atoms with Gasteiger partial charge in [0.25, 0.3) is 5.91 Å². The zero-order valence-corrected chi connectivity index (χ0v) is 18.1. The summed E-state index contributed by atoms with van der Waals surface area (Å²) in [5, 5.41) is 9.89. The van der Waals surface area contributed by atoms with Crippen molar-refractivity contribution in [3.63, 3.8) is 0 Å². The van der Waals surface area contributed by atoms with Crippen LogP contribution >= 0.6 is 0 Å². The normalized spacial score (nSPS) is 17.7. The molecule has 1 saturated heterocycles. The first-order valence-corrected chi connectivity index (χ1v) is 10.5. The number of Topliss-reactive ketones (excluding diaryl/α,β-unsaturated/α-hetero) is 1. The zero-order valence-electron chi connectivity index (χ0n) is 18.1. The number of ketones is 1. The van der Waals surface area contributed by atoms with E-state index in [-0.39, 0.29) is 23.6 Å². The lowest BCUT2D eigenvalue weighted by Gasteiger charge is -2.29. The van der Waals surface area contributed by atoms with Crippen molar-refractivity contribution < 1.29 is 23.5 Å². The molecule has 2 aromatic rings. The highest BCUT2D eigenvalue weighted by molar-refractivity contribution is 6.34. The predicted octanol–water partition coefficient (Wildman–Crippen LogP) is 4.50. The maximum absolute atomic E-state index is 14.8.